The molecule has 1 unspecified atom stereocenters. The molecule has 5 rings (SSSR count). The van der Waals surface area contributed by atoms with Crippen molar-refractivity contribution in [3.05, 3.63) is 52.6 Å². The van der Waals surface area contributed by atoms with Gasteiger partial charge in [-0.3, -0.25) is 9.78 Å². The lowest BCUT2D eigenvalue weighted by Gasteiger charge is -2.27. The molecule has 0 spiro atoms. The summed E-state index contributed by atoms with van der Waals surface area (Å²) in [6.45, 7) is 5.79. The largest absolute Gasteiger partial charge is 0.382 e. The highest BCUT2D eigenvalue weighted by molar-refractivity contribution is 7.14. The number of nitrogens with one attached hydrogen (secondary N) is 2. The number of carbonyl (C=O) groups excluding carboxylic acids is 1. The molecule has 9 nitrogen and oxygen atoms in total. The van der Waals surface area contributed by atoms with E-state index in [1.54, 1.807) is 24.5 Å². The number of pyridine rings is 1. The molecule has 0 aromatic carbocycles. The average molecular weight is 502 g/mol. The van der Waals surface area contributed by atoms with Crippen LogP contribution in [-0.4, -0.2) is 38.3 Å². The van der Waals surface area contributed by atoms with Gasteiger partial charge in [0.15, 0.2) is 5.01 Å². The van der Waals surface area contributed by atoms with E-state index in [0.717, 1.165) is 58.3 Å². The van der Waals surface area contributed by atoms with Crippen molar-refractivity contribution in [1.82, 2.24) is 25.6 Å². The Balaban J connectivity index is 1.39. The maximum atomic E-state index is 11.4. The van der Waals surface area contributed by atoms with Crippen LogP contribution in [0.3, 0.4) is 0 Å². The molecular weight excluding hydrogens is 472 g/mol. The van der Waals surface area contributed by atoms with E-state index in [0.29, 0.717) is 11.5 Å². The summed E-state index contributed by atoms with van der Waals surface area (Å²) in [6, 6.07) is 6.38. The van der Waals surface area contributed by atoms with Crippen molar-refractivity contribution in [2.24, 2.45) is 0 Å². The van der Waals surface area contributed by atoms with Crippen LogP contribution in [0.4, 0.5) is 5.69 Å². The molecule has 1 aliphatic carbocycles. The number of aromatic nitrogens is 5. The number of amides is 1. The summed E-state index contributed by atoms with van der Waals surface area (Å²) in [4.78, 5) is 16.2. The van der Waals surface area contributed by atoms with Gasteiger partial charge < -0.3 is 10.6 Å². The van der Waals surface area contributed by atoms with E-state index in [-0.39, 0.29) is 24.0 Å². The van der Waals surface area contributed by atoms with Crippen molar-refractivity contribution in [2.45, 2.75) is 70.5 Å². The van der Waals surface area contributed by atoms with Gasteiger partial charge in [0.2, 0.25) is 17.6 Å². The van der Waals surface area contributed by atoms with Crippen LogP contribution in [0.5, 0.6) is 0 Å². The predicted octanol–water partition coefficient (Wildman–Crippen LogP) is 3.75. The van der Waals surface area contributed by atoms with Gasteiger partial charge in [0, 0.05) is 49.0 Å². The Bertz CT molecular complexity index is 1350. The zero-order valence-corrected chi connectivity index (χ0v) is 21.4. The molecule has 3 aromatic heterocycles. The number of carbonyl (C=O) groups is 1. The quantitative estimate of drug-likeness (QED) is 0.494. The number of rotatable bonds is 6. The van der Waals surface area contributed by atoms with Crippen LogP contribution in [-0.2, 0) is 4.79 Å². The first-order valence-corrected chi connectivity index (χ1v) is 13.1. The van der Waals surface area contributed by atoms with Gasteiger partial charge in [-0.15, -0.1) is 10.2 Å². The van der Waals surface area contributed by atoms with Gasteiger partial charge in [-0.2, -0.15) is 5.26 Å². The molecule has 184 valence electrons. The van der Waals surface area contributed by atoms with E-state index in [1.807, 2.05) is 29.1 Å². The van der Waals surface area contributed by atoms with Crippen LogP contribution in [0.2, 0.25) is 0 Å². The van der Waals surface area contributed by atoms with Crippen molar-refractivity contribution >= 4 is 29.0 Å². The molecule has 2 N–H and O–H groups in total. The van der Waals surface area contributed by atoms with Crippen LogP contribution in [0, 0.1) is 11.3 Å². The van der Waals surface area contributed by atoms with E-state index in [2.05, 4.69) is 51.9 Å². The average Bonchev–Trinajstić information content (AvgIpc) is 3.51. The molecular formula is C26H29N8OS+. The zero-order chi connectivity index (χ0) is 25.2. The minimum atomic E-state index is -0.140. The molecule has 0 bridgehead atoms. The minimum Gasteiger partial charge on any atom is -0.382 e. The van der Waals surface area contributed by atoms with Gasteiger partial charge in [-0.25, -0.2) is 0 Å². The third-order valence-corrected chi connectivity index (χ3v) is 7.68. The Morgan fingerprint density at radius 2 is 2.00 bits per heavy atom. The molecule has 1 aliphatic heterocycles. The normalized spacial score (nSPS) is 20.7. The Morgan fingerprint density at radius 3 is 2.72 bits per heavy atom. The molecule has 1 atom stereocenters. The summed E-state index contributed by atoms with van der Waals surface area (Å²) in [5.74, 6) is 0.409. The summed E-state index contributed by atoms with van der Waals surface area (Å²) < 4.78 is 1.88. The predicted molar refractivity (Wildman–Crippen MR) is 137 cm³/mol. The molecule has 10 heteroatoms. The smallest absolute Gasteiger partial charge is 0.245 e. The lowest BCUT2D eigenvalue weighted by Crippen LogP contribution is -2.43. The lowest BCUT2D eigenvalue weighted by molar-refractivity contribution is -0.757. The highest BCUT2D eigenvalue weighted by Gasteiger charge is 2.32. The van der Waals surface area contributed by atoms with Crippen molar-refractivity contribution in [2.75, 3.05) is 5.32 Å². The van der Waals surface area contributed by atoms with Gasteiger partial charge in [0.1, 0.15) is 23.0 Å². The second kappa shape index (κ2) is 10.1. The fraction of sp³-hybridized carbons (Fsp3) is 0.423. The first-order valence-electron chi connectivity index (χ1n) is 12.3. The van der Waals surface area contributed by atoms with Gasteiger partial charge in [-0.05, 0) is 56.8 Å². The highest BCUT2D eigenvalue weighted by Crippen LogP contribution is 2.38. The molecule has 4 heterocycles. The van der Waals surface area contributed by atoms with Crippen molar-refractivity contribution < 1.29 is 9.48 Å². The summed E-state index contributed by atoms with van der Waals surface area (Å²) in [5, 5.41) is 31.2. The lowest BCUT2D eigenvalue weighted by atomic mass is 9.86. The summed E-state index contributed by atoms with van der Waals surface area (Å²) in [6.07, 6.45) is 11.4. The fourth-order valence-corrected chi connectivity index (χ4v) is 5.92. The van der Waals surface area contributed by atoms with E-state index < -0.39 is 0 Å². The van der Waals surface area contributed by atoms with E-state index >= 15 is 0 Å². The second-order valence-corrected chi connectivity index (χ2v) is 10.7. The van der Waals surface area contributed by atoms with Crippen LogP contribution >= 0.6 is 11.3 Å². The molecule has 2 aliphatic rings. The third-order valence-electron chi connectivity index (χ3n) is 6.56. The van der Waals surface area contributed by atoms with Crippen LogP contribution in [0.25, 0.3) is 16.6 Å². The monoisotopic (exact) mass is 501 g/mol. The van der Waals surface area contributed by atoms with Gasteiger partial charge in [0.25, 0.3) is 0 Å². The van der Waals surface area contributed by atoms with Crippen molar-refractivity contribution in [3.63, 3.8) is 0 Å². The number of nitriles is 1. The first kappa shape index (κ1) is 24.0. The number of fused-ring (bicyclic) bond motifs is 1. The van der Waals surface area contributed by atoms with Crippen LogP contribution < -0.4 is 15.3 Å². The third kappa shape index (κ3) is 4.97. The van der Waals surface area contributed by atoms with E-state index in [4.69, 9.17) is 10.2 Å². The summed E-state index contributed by atoms with van der Waals surface area (Å²) in [5.41, 5.74) is 4.17. The Labute approximate surface area is 214 Å². The Morgan fingerprint density at radius 1 is 1.19 bits per heavy atom. The number of nitrogens with zero attached hydrogens (tertiary/aromatic N) is 6. The van der Waals surface area contributed by atoms with Gasteiger partial charge in [-0.1, -0.05) is 16.0 Å². The standard InChI is InChI=1S/C26H28N8OS/c1-15(2)30-22-11-23(24-9-8-20-10-17(12-27)13-29-34(20)24)28-14-21(22)26-33-32-25(36-26)18-4-6-19(7-5-18)31-16(3)35/h8-11,13-15,18-19,24H,4-7H2,1-3H3,(H-,28,30,31,33,35)/p+1. The van der Waals surface area contributed by atoms with Crippen molar-refractivity contribution in [3.8, 4) is 16.6 Å². The molecule has 1 amide bonds. The topological polar surface area (TPSA) is 120 Å². The Kier molecular flexibility index (Phi) is 6.74. The minimum absolute atomic E-state index is 0.0375. The molecule has 0 radical (unpaired) electrons. The molecule has 1 fully saturated rings. The highest BCUT2D eigenvalue weighted by atomic mass is 32.1. The number of hydrogen-bond donors (Lipinski definition) is 2. The Hall–Kier alpha value is -3.71. The zero-order valence-electron chi connectivity index (χ0n) is 20.6. The summed E-state index contributed by atoms with van der Waals surface area (Å²) >= 11 is 1.63. The number of anilines is 1. The summed E-state index contributed by atoms with van der Waals surface area (Å²) in [7, 11) is 0. The molecule has 3 aromatic rings. The fourth-order valence-electron chi connectivity index (χ4n) is 4.88. The maximum absolute atomic E-state index is 11.4. The molecule has 1 saturated carbocycles. The second-order valence-electron chi connectivity index (χ2n) is 9.68. The molecule has 0 saturated heterocycles. The maximum Gasteiger partial charge on any atom is 0.245 e. The number of hydrogen-bond acceptors (Lipinski definition) is 8. The van der Waals surface area contributed by atoms with E-state index in [9.17, 15) is 4.79 Å². The van der Waals surface area contributed by atoms with Crippen molar-refractivity contribution in [1.29, 1.82) is 5.26 Å². The van der Waals surface area contributed by atoms with Crippen LogP contribution in [0.15, 0.2) is 30.6 Å². The molecule has 36 heavy (non-hydrogen) atoms. The van der Waals surface area contributed by atoms with Gasteiger partial charge >= 0.3 is 0 Å². The SMILES string of the molecule is CC(=O)NC1CCC(c2nnc(-c3cnc(C4C=Cc5cc(C#N)cn[n+]54)cc3NC(C)C)s2)CC1. The number of allylic oxidation sites excluding steroid dienone is 1. The van der Waals surface area contributed by atoms with Crippen LogP contribution in [0.1, 0.15) is 80.4 Å². The first-order chi connectivity index (χ1) is 17.4. The van der Waals surface area contributed by atoms with Gasteiger partial charge in [0.05, 0.1) is 11.1 Å². The van der Waals surface area contributed by atoms with E-state index in [1.165, 1.54) is 0 Å².